The molecule has 130 valence electrons. The van der Waals surface area contributed by atoms with Gasteiger partial charge < -0.3 is 5.11 Å². The van der Waals surface area contributed by atoms with Gasteiger partial charge in [-0.1, -0.05) is 51.1 Å². The molecule has 2 atom stereocenters. The van der Waals surface area contributed by atoms with Crippen LogP contribution in [0.4, 0.5) is 4.39 Å². The minimum atomic E-state index is -0.519. The molecule has 2 rings (SSSR count). The zero-order valence-corrected chi connectivity index (χ0v) is 14.6. The molecule has 5 heteroatoms. The standard InChI is InChI=1S/C19H26FN3O/c1-19(2,3)18(24)17(23-14-21-13-22-23)12-6-4-5-9-15-10-7-8-11-16(15)20/h5,7-11,13-14,17-18,24H,4,6,12H2,1-3H3/b9-5+. The quantitative estimate of drug-likeness (QED) is 0.772. The van der Waals surface area contributed by atoms with Crippen molar-refractivity contribution < 1.29 is 9.50 Å². The number of hydrogen-bond acceptors (Lipinski definition) is 3. The molecule has 1 heterocycles. The van der Waals surface area contributed by atoms with E-state index in [1.165, 1.54) is 12.4 Å². The summed E-state index contributed by atoms with van der Waals surface area (Å²) in [7, 11) is 0. The maximum Gasteiger partial charge on any atom is 0.137 e. The van der Waals surface area contributed by atoms with Crippen LogP contribution >= 0.6 is 0 Å². The highest BCUT2D eigenvalue weighted by Crippen LogP contribution is 2.31. The topological polar surface area (TPSA) is 50.9 Å². The van der Waals surface area contributed by atoms with E-state index in [-0.39, 0.29) is 17.3 Å². The van der Waals surface area contributed by atoms with E-state index in [0.29, 0.717) is 5.56 Å². The van der Waals surface area contributed by atoms with Crippen LogP contribution in [-0.4, -0.2) is 26.0 Å². The number of unbranched alkanes of at least 4 members (excludes halogenated alkanes) is 1. The van der Waals surface area contributed by atoms with Gasteiger partial charge in [0, 0.05) is 5.56 Å². The fraction of sp³-hybridized carbons (Fsp3) is 0.474. The number of allylic oxidation sites excluding steroid dienone is 1. The molecule has 2 unspecified atom stereocenters. The molecule has 0 spiro atoms. The van der Waals surface area contributed by atoms with Crippen molar-refractivity contribution in [3.05, 3.63) is 54.4 Å². The Morgan fingerprint density at radius 1 is 1.29 bits per heavy atom. The number of benzene rings is 1. The van der Waals surface area contributed by atoms with Crippen LogP contribution in [0, 0.1) is 11.2 Å². The van der Waals surface area contributed by atoms with E-state index in [1.54, 1.807) is 29.2 Å². The zero-order chi connectivity index (χ0) is 17.6. The van der Waals surface area contributed by atoms with E-state index in [2.05, 4.69) is 10.1 Å². The SMILES string of the molecule is CC(C)(C)C(O)C(CCC/C=C/c1ccccc1F)n1cncn1. The highest BCUT2D eigenvalue weighted by molar-refractivity contribution is 5.49. The van der Waals surface area contributed by atoms with Gasteiger partial charge in [0.1, 0.15) is 18.5 Å². The molecule has 0 fully saturated rings. The number of aliphatic hydroxyl groups excluding tert-OH is 1. The molecule has 1 aromatic heterocycles. The van der Waals surface area contributed by atoms with E-state index >= 15 is 0 Å². The van der Waals surface area contributed by atoms with E-state index < -0.39 is 6.10 Å². The van der Waals surface area contributed by atoms with Gasteiger partial charge in [-0.15, -0.1) is 0 Å². The summed E-state index contributed by atoms with van der Waals surface area (Å²) in [5, 5.41) is 14.8. The third-order valence-electron chi connectivity index (χ3n) is 4.10. The first-order valence-corrected chi connectivity index (χ1v) is 8.33. The molecule has 0 aliphatic heterocycles. The molecule has 0 aliphatic carbocycles. The fourth-order valence-corrected chi connectivity index (χ4v) is 2.67. The maximum absolute atomic E-state index is 13.5. The van der Waals surface area contributed by atoms with Crippen molar-refractivity contribution in [2.75, 3.05) is 0 Å². The predicted molar refractivity (Wildman–Crippen MR) is 93.8 cm³/mol. The molecule has 0 bridgehead atoms. The van der Waals surface area contributed by atoms with Crippen LogP contribution in [0.3, 0.4) is 0 Å². The Hall–Kier alpha value is -2.01. The number of aliphatic hydroxyl groups is 1. The average molecular weight is 331 g/mol. The summed E-state index contributed by atoms with van der Waals surface area (Å²) in [6, 6.07) is 6.61. The molecule has 4 nitrogen and oxygen atoms in total. The molecule has 1 N–H and O–H groups in total. The van der Waals surface area contributed by atoms with Gasteiger partial charge in [0.25, 0.3) is 0 Å². The summed E-state index contributed by atoms with van der Waals surface area (Å²) in [6.45, 7) is 6.04. The monoisotopic (exact) mass is 331 g/mol. The minimum absolute atomic E-state index is 0.116. The van der Waals surface area contributed by atoms with Crippen molar-refractivity contribution >= 4 is 6.08 Å². The van der Waals surface area contributed by atoms with Gasteiger partial charge in [-0.05, 0) is 30.7 Å². The Bertz CT molecular complexity index is 647. The van der Waals surface area contributed by atoms with Gasteiger partial charge in [0.2, 0.25) is 0 Å². The Labute approximate surface area is 143 Å². The molecule has 2 aromatic rings. The molecule has 1 aromatic carbocycles. The summed E-state index contributed by atoms with van der Waals surface area (Å²) < 4.78 is 15.3. The van der Waals surface area contributed by atoms with Crippen molar-refractivity contribution in [2.45, 2.75) is 52.2 Å². The number of hydrogen-bond donors (Lipinski definition) is 1. The predicted octanol–water partition coefficient (Wildman–Crippen LogP) is 4.25. The third kappa shape index (κ3) is 4.99. The summed E-state index contributed by atoms with van der Waals surface area (Å²) in [6.07, 6.45) is 8.87. The second kappa shape index (κ2) is 8.20. The van der Waals surface area contributed by atoms with E-state index in [4.69, 9.17) is 0 Å². The molecule has 0 aliphatic rings. The van der Waals surface area contributed by atoms with Crippen molar-refractivity contribution in [3.63, 3.8) is 0 Å². The average Bonchev–Trinajstić information content (AvgIpc) is 3.05. The van der Waals surface area contributed by atoms with Crippen molar-refractivity contribution in [1.82, 2.24) is 14.8 Å². The zero-order valence-electron chi connectivity index (χ0n) is 14.6. The Balaban J connectivity index is 1.93. The molecule has 0 saturated carbocycles. The van der Waals surface area contributed by atoms with Crippen molar-refractivity contribution in [3.8, 4) is 0 Å². The third-order valence-corrected chi connectivity index (χ3v) is 4.10. The van der Waals surface area contributed by atoms with Crippen LogP contribution < -0.4 is 0 Å². The lowest BCUT2D eigenvalue weighted by Gasteiger charge is -2.33. The summed E-state index contributed by atoms with van der Waals surface area (Å²) >= 11 is 0. The van der Waals surface area contributed by atoms with Gasteiger partial charge in [0.05, 0.1) is 12.1 Å². The number of halogens is 1. The van der Waals surface area contributed by atoms with Gasteiger partial charge >= 0.3 is 0 Å². The largest absolute Gasteiger partial charge is 0.390 e. The van der Waals surface area contributed by atoms with Gasteiger partial charge in [0.15, 0.2) is 0 Å². The normalized spacial score (nSPS) is 14.9. The first-order chi connectivity index (χ1) is 11.4. The van der Waals surface area contributed by atoms with Crippen LogP contribution in [0.15, 0.2) is 43.0 Å². The van der Waals surface area contributed by atoms with E-state index in [9.17, 15) is 9.50 Å². The smallest absolute Gasteiger partial charge is 0.137 e. The lowest BCUT2D eigenvalue weighted by molar-refractivity contribution is 0.00876. The second-order valence-corrected chi connectivity index (χ2v) is 7.11. The number of nitrogens with zero attached hydrogens (tertiary/aromatic N) is 3. The fourth-order valence-electron chi connectivity index (χ4n) is 2.67. The Morgan fingerprint density at radius 2 is 2.04 bits per heavy atom. The molecular weight excluding hydrogens is 305 g/mol. The summed E-state index contributed by atoms with van der Waals surface area (Å²) in [4.78, 5) is 3.99. The van der Waals surface area contributed by atoms with Gasteiger partial charge in [-0.3, -0.25) is 0 Å². The van der Waals surface area contributed by atoms with E-state index in [1.807, 2.05) is 32.9 Å². The number of rotatable bonds is 7. The van der Waals surface area contributed by atoms with Crippen molar-refractivity contribution in [2.24, 2.45) is 5.41 Å². The summed E-state index contributed by atoms with van der Waals surface area (Å²) in [5.74, 6) is -0.211. The Kier molecular flexibility index (Phi) is 6.26. The lowest BCUT2D eigenvalue weighted by atomic mass is 9.83. The minimum Gasteiger partial charge on any atom is -0.390 e. The highest BCUT2D eigenvalue weighted by Gasteiger charge is 2.31. The van der Waals surface area contributed by atoms with Crippen LogP contribution in [-0.2, 0) is 0 Å². The molecule has 0 saturated heterocycles. The number of aromatic nitrogens is 3. The van der Waals surface area contributed by atoms with E-state index in [0.717, 1.165) is 19.3 Å². The van der Waals surface area contributed by atoms with Gasteiger partial charge in [-0.2, -0.15) is 5.10 Å². The van der Waals surface area contributed by atoms with Crippen LogP contribution in [0.2, 0.25) is 0 Å². The van der Waals surface area contributed by atoms with Crippen LogP contribution in [0.25, 0.3) is 6.08 Å². The maximum atomic E-state index is 13.5. The van der Waals surface area contributed by atoms with Crippen LogP contribution in [0.5, 0.6) is 0 Å². The van der Waals surface area contributed by atoms with Crippen LogP contribution in [0.1, 0.15) is 51.6 Å². The molecule has 0 amide bonds. The highest BCUT2D eigenvalue weighted by atomic mass is 19.1. The Morgan fingerprint density at radius 3 is 2.67 bits per heavy atom. The van der Waals surface area contributed by atoms with Crippen molar-refractivity contribution in [1.29, 1.82) is 0 Å². The second-order valence-electron chi connectivity index (χ2n) is 7.11. The molecule has 0 radical (unpaired) electrons. The lowest BCUT2D eigenvalue weighted by Crippen LogP contribution is -2.35. The first kappa shape index (κ1) is 18.3. The molecule has 24 heavy (non-hydrogen) atoms. The summed E-state index contributed by atoms with van der Waals surface area (Å²) in [5.41, 5.74) is 0.361. The first-order valence-electron chi connectivity index (χ1n) is 8.33. The van der Waals surface area contributed by atoms with Gasteiger partial charge in [-0.25, -0.2) is 14.1 Å². The molecular formula is C19H26FN3O.